The van der Waals surface area contributed by atoms with E-state index in [0.717, 1.165) is 29.9 Å². The Morgan fingerprint density at radius 1 is 1.29 bits per heavy atom. The van der Waals surface area contributed by atoms with E-state index >= 15 is 0 Å². The molecule has 2 nitrogen and oxygen atoms in total. The summed E-state index contributed by atoms with van der Waals surface area (Å²) < 4.78 is 19.6. The van der Waals surface area contributed by atoms with Crippen LogP contribution in [0.4, 0.5) is 4.39 Å². The van der Waals surface area contributed by atoms with Crippen molar-refractivity contribution in [3.8, 4) is 5.75 Å². The fourth-order valence-electron chi connectivity index (χ4n) is 1.97. The van der Waals surface area contributed by atoms with Crippen LogP contribution in [0.15, 0.2) is 28.7 Å². The smallest absolute Gasteiger partial charge is 0.133 e. The number of ether oxygens (including phenoxy) is 1. The number of hydrogen-bond donors (Lipinski definition) is 0. The topological polar surface area (TPSA) is 12.5 Å². The molecule has 0 amide bonds. The second-order valence-electron chi connectivity index (χ2n) is 4.30. The zero-order valence-corrected chi connectivity index (χ0v) is 11.3. The van der Waals surface area contributed by atoms with E-state index in [1.54, 1.807) is 0 Å². The molecular formula is C13H17BrFNO. The number of halogens is 2. The Morgan fingerprint density at radius 2 is 2.00 bits per heavy atom. The monoisotopic (exact) mass is 301 g/mol. The van der Waals surface area contributed by atoms with Gasteiger partial charge in [-0.25, -0.2) is 4.39 Å². The third-order valence-corrected chi connectivity index (χ3v) is 3.67. The maximum Gasteiger partial charge on any atom is 0.133 e. The number of benzene rings is 1. The molecule has 0 aliphatic carbocycles. The van der Waals surface area contributed by atoms with Gasteiger partial charge in [0.15, 0.2) is 0 Å². The van der Waals surface area contributed by atoms with Gasteiger partial charge in [0, 0.05) is 19.6 Å². The van der Waals surface area contributed by atoms with E-state index < -0.39 is 6.17 Å². The predicted molar refractivity (Wildman–Crippen MR) is 70.2 cm³/mol. The molecule has 0 bridgehead atoms. The van der Waals surface area contributed by atoms with Crippen LogP contribution in [0.3, 0.4) is 0 Å². The van der Waals surface area contributed by atoms with Crippen molar-refractivity contribution in [2.24, 2.45) is 0 Å². The largest absolute Gasteiger partial charge is 0.491 e. The first-order valence-corrected chi connectivity index (χ1v) is 6.79. The maximum absolute atomic E-state index is 12.9. The summed E-state index contributed by atoms with van der Waals surface area (Å²) in [5, 5.41) is 0. The number of hydrogen-bond acceptors (Lipinski definition) is 2. The minimum atomic E-state index is -0.601. The first-order valence-electron chi connectivity index (χ1n) is 5.99. The molecule has 0 atom stereocenters. The van der Waals surface area contributed by atoms with Gasteiger partial charge in [-0.2, -0.15) is 0 Å². The van der Waals surface area contributed by atoms with E-state index in [1.807, 2.05) is 24.3 Å². The molecule has 1 saturated heterocycles. The SMILES string of the molecule is FC1CCN(CCOc2ccccc2Br)CC1. The van der Waals surface area contributed by atoms with Crippen LogP contribution in [0, 0.1) is 0 Å². The fraction of sp³-hybridized carbons (Fsp3) is 0.538. The summed E-state index contributed by atoms with van der Waals surface area (Å²) in [6.07, 6.45) is 0.722. The van der Waals surface area contributed by atoms with Crippen molar-refractivity contribution in [3.05, 3.63) is 28.7 Å². The first kappa shape index (κ1) is 12.8. The highest BCUT2D eigenvalue weighted by Gasteiger charge is 2.17. The third-order valence-electron chi connectivity index (χ3n) is 3.02. The predicted octanol–water partition coefficient (Wildman–Crippen LogP) is 3.26. The van der Waals surface area contributed by atoms with Crippen LogP contribution >= 0.6 is 15.9 Å². The fourth-order valence-corrected chi connectivity index (χ4v) is 2.37. The minimum Gasteiger partial charge on any atom is -0.491 e. The second-order valence-corrected chi connectivity index (χ2v) is 5.15. The lowest BCUT2D eigenvalue weighted by atomic mass is 10.1. The molecule has 2 rings (SSSR count). The second kappa shape index (κ2) is 6.36. The zero-order chi connectivity index (χ0) is 12.1. The standard InChI is InChI=1S/C13H17BrFNO/c14-12-3-1-2-4-13(12)17-10-9-16-7-5-11(15)6-8-16/h1-4,11H,5-10H2. The summed E-state index contributed by atoms with van der Waals surface area (Å²) in [6.45, 7) is 3.22. The first-order chi connectivity index (χ1) is 8.25. The molecule has 1 aromatic carbocycles. The van der Waals surface area contributed by atoms with Crippen LogP contribution in [0.1, 0.15) is 12.8 Å². The highest BCUT2D eigenvalue weighted by atomic mass is 79.9. The molecule has 4 heteroatoms. The van der Waals surface area contributed by atoms with Gasteiger partial charge < -0.3 is 4.74 Å². The summed E-state index contributed by atoms with van der Waals surface area (Å²) in [5.41, 5.74) is 0. The number of rotatable bonds is 4. The lowest BCUT2D eigenvalue weighted by Crippen LogP contribution is -2.37. The van der Waals surface area contributed by atoms with E-state index in [1.165, 1.54) is 0 Å². The Balaban J connectivity index is 1.71. The maximum atomic E-state index is 12.9. The summed E-state index contributed by atoms with van der Waals surface area (Å²) in [5.74, 6) is 0.868. The van der Waals surface area contributed by atoms with Crippen LogP contribution in [0.2, 0.25) is 0 Å². The summed E-state index contributed by atoms with van der Waals surface area (Å²) in [6, 6.07) is 7.82. The van der Waals surface area contributed by atoms with E-state index in [2.05, 4.69) is 20.8 Å². The quantitative estimate of drug-likeness (QED) is 0.846. The van der Waals surface area contributed by atoms with Gasteiger partial charge in [-0.1, -0.05) is 12.1 Å². The third kappa shape index (κ3) is 3.96. The van der Waals surface area contributed by atoms with Crippen molar-refractivity contribution in [1.82, 2.24) is 4.90 Å². The van der Waals surface area contributed by atoms with Crippen LogP contribution in [0.25, 0.3) is 0 Å². The Kier molecular flexibility index (Phi) is 4.80. The highest BCUT2D eigenvalue weighted by molar-refractivity contribution is 9.10. The van der Waals surface area contributed by atoms with Gasteiger partial charge >= 0.3 is 0 Å². The Hall–Kier alpha value is -0.610. The summed E-state index contributed by atoms with van der Waals surface area (Å²) >= 11 is 3.44. The van der Waals surface area contributed by atoms with Gasteiger partial charge in [-0.3, -0.25) is 4.90 Å². The van der Waals surface area contributed by atoms with E-state index in [4.69, 9.17) is 4.74 Å². The molecular weight excluding hydrogens is 285 g/mol. The van der Waals surface area contributed by atoms with Gasteiger partial charge in [0.25, 0.3) is 0 Å². The van der Waals surface area contributed by atoms with Crippen molar-refractivity contribution < 1.29 is 9.13 Å². The van der Waals surface area contributed by atoms with E-state index in [9.17, 15) is 4.39 Å². The number of alkyl halides is 1. The lowest BCUT2D eigenvalue weighted by molar-refractivity contribution is 0.132. The molecule has 0 radical (unpaired) electrons. The van der Waals surface area contributed by atoms with Crippen LogP contribution in [-0.2, 0) is 0 Å². The Bertz CT molecular complexity index is 353. The van der Waals surface area contributed by atoms with Gasteiger partial charge in [-0.15, -0.1) is 0 Å². The summed E-state index contributed by atoms with van der Waals surface area (Å²) in [4.78, 5) is 2.26. The minimum absolute atomic E-state index is 0.601. The van der Waals surface area contributed by atoms with Crippen LogP contribution in [-0.4, -0.2) is 37.3 Å². The summed E-state index contributed by atoms with van der Waals surface area (Å²) in [7, 11) is 0. The number of piperidine rings is 1. The van der Waals surface area contributed by atoms with E-state index in [-0.39, 0.29) is 0 Å². The molecule has 0 spiro atoms. The van der Waals surface area contributed by atoms with Crippen molar-refractivity contribution in [3.63, 3.8) is 0 Å². The molecule has 0 aromatic heterocycles. The molecule has 1 aromatic rings. The average Bonchev–Trinajstić information content (AvgIpc) is 2.34. The molecule has 1 aliphatic heterocycles. The molecule has 0 unspecified atom stereocenters. The Labute approximate surface area is 110 Å². The average molecular weight is 302 g/mol. The number of para-hydroxylation sites is 1. The van der Waals surface area contributed by atoms with Gasteiger partial charge in [0.1, 0.15) is 18.5 Å². The lowest BCUT2D eigenvalue weighted by Gasteiger charge is -2.28. The van der Waals surface area contributed by atoms with Crippen molar-refractivity contribution in [2.45, 2.75) is 19.0 Å². The van der Waals surface area contributed by atoms with Crippen molar-refractivity contribution in [2.75, 3.05) is 26.2 Å². The molecule has 0 N–H and O–H groups in total. The van der Waals surface area contributed by atoms with Crippen LogP contribution in [0.5, 0.6) is 5.75 Å². The molecule has 1 aliphatic rings. The zero-order valence-electron chi connectivity index (χ0n) is 9.74. The van der Waals surface area contributed by atoms with E-state index in [0.29, 0.717) is 19.4 Å². The number of likely N-dealkylation sites (tertiary alicyclic amines) is 1. The molecule has 1 fully saturated rings. The Morgan fingerprint density at radius 3 is 2.71 bits per heavy atom. The molecule has 17 heavy (non-hydrogen) atoms. The van der Waals surface area contributed by atoms with Crippen LogP contribution < -0.4 is 4.74 Å². The molecule has 1 heterocycles. The highest BCUT2D eigenvalue weighted by Crippen LogP contribution is 2.23. The van der Waals surface area contributed by atoms with Crippen molar-refractivity contribution in [1.29, 1.82) is 0 Å². The number of nitrogens with zero attached hydrogens (tertiary/aromatic N) is 1. The normalized spacial score (nSPS) is 18.2. The molecule has 94 valence electrons. The van der Waals surface area contributed by atoms with Crippen molar-refractivity contribution >= 4 is 15.9 Å². The molecule has 0 saturated carbocycles. The van der Waals surface area contributed by atoms with Gasteiger partial charge in [0.2, 0.25) is 0 Å². The van der Waals surface area contributed by atoms with Gasteiger partial charge in [-0.05, 0) is 40.9 Å². The van der Waals surface area contributed by atoms with Gasteiger partial charge in [0.05, 0.1) is 4.47 Å².